The number of hydrogen-bond donors (Lipinski definition) is 2. The Morgan fingerprint density at radius 2 is 2.06 bits per heavy atom. The normalized spacial score (nSPS) is 17.2. The third-order valence-corrected chi connectivity index (χ3v) is 2.34. The fourth-order valence-electron chi connectivity index (χ4n) is 0.931. The Balaban J connectivity index is 4.34. The number of hydrogen-bond acceptors (Lipinski definition) is 5. The van der Waals surface area contributed by atoms with Crippen LogP contribution in [0.5, 0.6) is 0 Å². The Kier molecular flexibility index (Phi) is 6.86. The van der Waals surface area contributed by atoms with Crippen LogP contribution in [0.3, 0.4) is 0 Å². The van der Waals surface area contributed by atoms with Crippen LogP contribution in [0.1, 0.15) is 6.92 Å². The summed E-state index contributed by atoms with van der Waals surface area (Å²) in [6, 6.07) is 0. The predicted molar refractivity (Wildman–Crippen MR) is 63.7 cm³/mol. The molecule has 0 amide bonds. The molecule has 8 heteroatoms. The number of halogens is 2. The molecule has 0 aliphatic carbocycles. The van der Waals surface area contributed by atoms with Crippen LogP contribution in [-0.4, -0.2) is 41.8 Å². The van der Waals surface area contributed by atoms with Gasteiger partial charge in [-0.1, -0.05) is 0 Å². The summed E-state index contributed by atoms with van der Waals surface area (Å²) in [7, 11) is -7.06. The topological polar surface area (TPSA) is 68.2 Å². The summed E-state index contributed by atoms with van der Waals surface area (Å²) < 4.78 is 39.0. The van der Waals surface area contributed by atoms with E-state index in [1.807, 2.05) is 0 Å². The van der Waals surface area contributed by atoms with E-state index in [0.29, 0.717) is 0 Å². The van der Waals surface area contributed by atoms with Crippen molar-refractivity contribution in [1.29, 1.82) is 0 Å². The van der Waals surface area contributed by atoms with E-state index in [0.717, 1.165) is 0 Å². The van der Waals surface area contributed by atoms with Crippen LogP contribution >= 0.6 is 7.91 Å². The summed E-state index contributed by atoms with van der Waals surface area (Å²) in [5.74, 6) is 2.13. The second-order valence-corrected chi connectivity index (χ2v) is 5.20. The first-order valence-electron chi connectivity index (χ1n) is 5.04. The van der Waals surface area contributed by atoms with Gasteiger partial charge in [-0.25, -0.2) is 0 Å². The third-order valence-electron chi connectivity index (χ3n) is 1.69. The van der Waals surface area contributed by atoms with Crippen LogP contribution in [0.25, 0.3) is 0 Å². The molecule has 0 saturated carbocycles. The van der Waals surface area contributed by atoms with Gasteiger partial charge >= 0.3 is 104 Å². The SMILES string of the molecule is C#CCOCC(COC(C)C=C)OP(O)(O)(F)F. The fraction of sp³-hybridized carbons (Fsp3) is 0.600. The molecule has 2 unspecified atom stereocenters. The van der Waals surface area contributed by atoms with E-state index in [1.165, 1.54) is 6.08 Å². The standard InChI is InChI=1S/C10H17F2O5P/c1-4-6-15-7-10(8-16-9(3)5-2)17-18(11,12,13)14/h1,5,9-10,13-14H,2,6-8H2,3H3. The van der Waals surface area contributed by atoms with Crippen molar-refractivity contribution in [2.45, 2.75) is 19.1 Å². The van der Waals surface area contributed by atoms with Gasteiger partial charge in [0.1, 0.15) is 0 Å². The molecule has 0 bridgehead atoms. The van der Waals surface area contributed by atoms with E-state index in [9.17, 15) is 8.39 Å². The quantitative estimate of drug-likeness (QED) is 0.292. The molecule has 0 aromatic heterocycles. The zero-order chi connectivity index (χ0) is 14.3. The van der Waals surface area contributed by atoms with E-state index >= 15 is 0 Å². The van der Waals surface area contributed by atoms with Crippen LogP contribution in [0.15, 0.2) is 12.7 Å². The van der Waals surface area contributed by atoms with E-state index in [1.54, 1.807) is 6.92 Å². The maximum atomic E-state index is 12.6. The van der Waals surface area contributed by atoms with Crippen molar-refractivity contribution in [3.05, 3.63) is 12.7 Å². The van der Waals surface area contributed by atoms with E-state index in [4.69, 9.17) is 25.7 Å². The van der Waals surface area contributed by atoms with Gasteiger partial charge in [0.2, 0.25) is 0 Å². The Labute approximate surface area is 105 Å². The van der Waals surface area contributed by atoms with Crippen LogP contribution in [-0.2, 0) is 14.0 Å². The van der Waals surface area contributed by atoms with Crippen LogP contribution in [0.2, 0.25) is 0 Å². The predicted octanol–water partition coefficient (Wildman–Crippen LogP) is 1.66. The van der Waals surface area contributed by atoms with Crippen molar-refractivity contribution >= 4 is 7.91 Å². The molecule has 2 atom stereocenters. The van der Waals surface area contributed by atoms with Crippen molar-refractivity contribution in [2.24, 2.45) is 0 Å². The molecule has 0 aliphatic rings. The molecule has 2 N–H and O–H groups in total. The van der Waals surface area contributed by atoms with Gasteiger partial charge in [0.05, 0.1) is 0 Å². The van der Waals surface area contributed by atoms with Gasteiger partial charge in [0.15, 0.2) is 0 Å². The number of rotatable bonds is 9. The van der Waals surface area contributed by atoms with E-state index < -0.39 is 20.1 Å². The number of ether oxygens (including phenoxy) is 2. The maximum absolute atomic E-state index is 12.6. The summed E-state index contributed by atoms with van der Waals surface area (Å²) >= 11 is 0. The number of terminal acetylenes is 1. The van der Waals surface area contributed by atoms with Crippen LogP contribution in [0.4, 0.5) is 8.39 Å². The monoisotopic (exact) mass is 286 g/mol. The van der Waals surface area contributed by atoms with Crippen molar-refractivity contribution in [3.8, 4) is 12.3 Å². The molecule has 0 radical (unpaired) electrons. The summed E-state index contributed by atoms with van der Waals surface area (Å²) in [6.45, 7) is 4.30. The average molecular weight is 286 g/mol. The first-order chi connectivity index (χ1) is 8.14. The van der Waals surface area contributed by atoms with Crippen molar-refractivity contribution in [2.75, 3.05) is 19.8 Å². The Morgan fingerprint density at radius 3 is 2.50 bits per heavy atom. The van der Waals surface area contributed by atoms with E-state index in [2.05, 4.69) is 17.0 Å². The van der Waals surface area contributed by atoms with Crippen molar-refractivity contribution < 1.29 is 32.2 Å². The minimum atomic E-state index is -7.06. The molecular weight excluding hydrogens is 269 g/mol. The molecule has 0 aromatic carbocycles. The summed E-state index contributed by atoms with van der Waals surface area (Å²) in [5, 5.41) is 0. The van der Waals surface area contributed by atoms with Gasteiger partial charge in [0.25, 0.3) is 0 Å². The molecule has 0 aromatic rings. The van der Waals surface area contributed by atoms with Crippen LogP contribution in [0, 0.1) is 12.3 Å². The van der Waals surface area contributed by atoms with Gasteiger partial charge in [0, 0.05) is 0 Å². The first-order valence-corrected chi connectivity index (χ1v) is 6.88. The summed E-state index contributed by atoms with van der Waals surface area (Å²) in [6.07, 6.45) is 4.62. The second kappa shape index (κ2) is 7.10. The van der Waals surface area contributed by atoms with Crippen molar-refractivity contribution in [3.63, 3.8) is 0 Å². The Hall–Kier alpha value is -0.610. The average Bonchev–Trinajstić information content (AvgIpc) is 2.22. The van der Waals surface area contributed by atoms with Gasteiger partial charge in [-0.05, 0) is 0 Å². The second-order valence-electron chi connectivity index (χ2n) is 3.48. The fourth-order valence-corrected chi connectivity index (χ4v) is 1.55. The molecule has 0 fully saturated rings. The Bertz CT molecular complexity index is 300. The summed E-state index contributed by atoms with van der Waals surface area (Å²) in [5.41, 5.74) is 0. The minimum absolute atomic E-state index is 0.109. The molecule has 106 valence electrons. The van der Waals surface area contributed by atoms with Gasteiger partial charge < -0.3 is 0 Å². The zero-order valence-corrected chi connectivity index (χ0v) is 10.9. The van der Waals surface area contributed by atoms with Gasteiger partial charge in [-0.2, -0.15) is 0 Å². The Morgan fingerprint density at radius 1 is 1.44 bits per heavy atom. The summed E-state index contributed by atoms with van der Waals surface area (Å²) in [4.78, 5) is 16.8. The van der Waals surface area contributed by atoms with E-state index in [-0.39, 0.29) is 19.8 Å². The van der Waals surface area contributed by atoms with Crippen LogP contribution < -0.4 is 0 Å². The molecule has 18 heavy (non-hydrogen) atoms. The zero-order valence-electron chi connectivity index (χ0n) is 9.96. The molecule has 0 spiro atoms. The van der Waals surface area contributed by atoms with Crippen molar-refractivity contribution in [1.82, 2.24) is 0 Å². The molecular formula is C10H17F2O5P. The molecule has 0 rings (SSSR count). The first kappa shape index (κ1) is 17.4. The molecule has 0 aliphatic heterocycles. The molecule has 0 heterocycles. The van der Waals surface area contributed by atoms with Gasteiger partial charge in [-0.15, -0.1) is 0 Å². The molecule has 0 saturated heterocycles. The molecule has 5 nitrogen and oxygen atoms in total. The third kappa shape index (κ3) is 10.5. The van der Waals surface area contributed by atoms with Gasteiger partial charge in [-0.3, -0.25) is 0 Å².